The second-order valence-electron chi connectivity index (χ2n) is 5.32. The molecular formula is C19H16N2O4. The lowest BCUT2D eigenvalue weighted by atomic mass is 10.1. The molecule has 2 aromatic carbocycles. The number of pyridine rings is 1. The molecule has 0 aliphatic carbocycles. The number of ether oxygens (including phenoxy) is 2. The van der Waals surface area contributed by atoms with Crippen LogP contribution in [0.1, 0.15) is 11.3 Å². The quantitative estimate of drug-likeness (QED) is 0.512. The lowest BCUT2D eigenvalue weighted by Gasteiger charge is -2.05. The van der Waals surface area contributed by atoms with Gasteiger partial charge in [0, 0.05) is 17.5 Å². The van der Waals surface area contributed by atoms with Crippen molar-refractivity contribution in [3.63, 3.8) is 0 Å². The van der Waals surface area contributed by atoms with E-state index in [1.807, 2.05) is 30.3 Å². The Bertz CT molecular complexity index is 945. The van der Waals surface area contributed by atoms with Crippen molar-refractivity contribution in [2.75, 3.05) is 14.2 Å². The van der Waals surface area contributed by atoms with E-state index in [-0.39, 0.29) is 5.69 Å². The Balaban J connectivity index is 1.99. The third-order valence-corrected chi connectivity index (χ3v) is 3.74. The molecule has 126 valence electrons. The van der Waals surface area contributed by atoms with Gasteiger partial charge in [0.25, 0.3) is 5.69 Å². The van der Waals surface area contributed by atoms with E-state index in [4.69, 9.17) is 9.47 Å². The molecule has 0 aliphatic rings. The fourth-order valence-electron chi connectivity index (χ4n) is 2.49. The van der Waals surface area contributed by atoms with Gasteiger partial charge in [-0.2, -0.15) is 0 Å². The van der Waals surface area contributed by atoms with E-state index < -0.39 is 4.92 Å². The van der Waals surface area contributed by atoms with Crippen molar-refractivity contribution in [2.24, 2.45) is 0 Å². The molecule has 0 fully saturated rings. The second kappa shape index (κ2) is 7.00. The van der Waals surface area contributed by atoms with Crippen LogP contribution in [0.5, 0.6) is 11.5 Å². The minimum absolute atomic E-state index is 0.00389. The highest BCUT2D eigenvalue weighted by atomic mass is 16.6. The van der Waals surface area contributed by atoms with Gasteiger partial charge in [0.2, 0.25) is 0 Å². The monoisotopic (exact) mass is 336 g/mol. The summed E-state index contributed by atoms with van der Waals surface area (Å²) in [5, 5.41) is 11.9. The maximum Gasteiger partial charge on any atom is 0.295 e. The smallest absolute Gasteiger partial charge is 0.295 e. The van der Waals surface area contributed by atoms with Gasteiger partial charge in [0.15, 0.2) is 0 Å². The van der Waals surface area contributed by atoms with Crippen molar-refractivity contribution in [1.82, 2.24) is 4.98 Å². The molecule has 6 heteroatoms. The SMILES string of the molecule is COc1cc(/C=C/c2ccc3cccc([N+](=O)[O-])c3n2)cc(OC)c1. The molecule has 0 radical (unpaired) electrons. The maximum absolute atomic E-state index is 11.2. The molecule has 0 aliphatic heterocycles. The summed E-state index contributed by atoms with van der Waals surface area (Å²) in [6.45, 7) is 0. The van der Waals surface area contributed by atoms with Gasteiger partial charge in [-0.25, -0.2) is 4.98 Å². The van der Waals surface area contributed by atoms with E-state index in [0.29, 0.717) is 22.7 Å². The zero-order chi connectivity index (χ0) is 17.8. The molecule has 0 saturated heterocycles. The number of rotatable bonds is 5. The normalized spacial score (nSPS) is 11.0. The van der Waals surface area contributed by atoms with Crippen LogP contribution in [0, 0.1) is 10.1 Å². The lowest BCUT2D eigenvalue weighted by molar-refractivity contribution is -0.383. The highest BCUT2D eigenvalue weighted by molar-refractivity contribution is 5.88. The Morgan fingerprint density at radius 3 is 2.36 bits per heavy atom. The summed E-state index contributed by atoms with van der Waals surface area (Å²) in [7, 11) is 3.18. The third-order valence-electron chi connectivity index (χ3n) is 3.74. The number of non-ortho nitro benzene ring substituents is 1. The summed E-state index contributed by atoms with van der Waals surface area (Å²) < 4.78 is 10.5. The summed E-state index contributed by atoms with van der Waals surface area (Å²) in [4.78, 5) is 15.2. The molecule has 25 heavy (non-hydrogen) atoms. The minimum Gasteiger partial charge on any atom is -0.497 e. The number of nitro benzene ring substituents is 1. The van der Waals surface area contributed by atoms with Gasteiger partial charge in [-0.15, -0.1) is 0 Å². The van der Waals surface area contributed by atoms with Crippen LogP contribution in [-0.4, -0.2) is 24.1 Å². The molecule has 0 unspecified atom stereocenters. The average molecular weight is 336 g/mol. The van der Waals surface area contributed by atoms with Crippen LogP contribution in [0.25, 0.3) is 23.1 Å². The predicted molar refractivity (Wildman–Crippen MR) is 96.9 cm³/mol. The van der Waals surface area contributed by atoms with Crippen molar-refractivity contribution in [1.29, 1.82) is 0 Å². The summed E-state index contributed by atoms with van der Waals surface area (Å²) in [5.41, 5.74) is 1.87. The minimum atomic E-state index is -0.421. The Morgan fingerprint density at radius 2 is 1.72 bits per heavy atom. The van der Waals surface area contributed by atoms with Crippen LogP contribution < -0.4 is 9.47 Å². The molecule has 0 saturated carbocycles. The summed E-state index contributed by atoms with van der Waals surface area (Å²) >= 11 is 0. The highest BCUT2D eigenvalue weighted by Gasteiger charge is 2.12. The molecule has 0 spiro atoms. The fourth-order valence-corrected chi connectivity index (χ4v) is 2.49. The van der Waals surface area contributed by atoms with Crippen molar-refractivity contribution < 1.29 is 14.4 Å². The van der Waals surface area contributed by atoms with E-state index in [0.717, 1.165) is 10.9 Å². The number of nitrogens with zero attached hydrogens (tertiary/aromatic N) is 2. The van der Waals surface area contributed by atoms with Gasteiger partial charge in [0.1, 0.15) is 17.0 Å². The second-order valence-corrected chi connectivity index (χ2v) is 5.32. The first-order chi connectivity index (χ1) is 12.1. The highest BCUT2D eigenvalue weighted by Crippen LogP contribution is 2.26. The van der Waals surface area contributed by atoms with Crippen molar-refractivity contribution >= 4 is 28.7 Å². The summed E-state index contributed by atoms with van der Waals surface area (Å²) in [5.74, 6) is 1.36. The Morgan fingerprint density at radius 1 is 1.00 bits per heavy atom. The van der Waals surface area contributed by atoms with E-state index in [9.17, 15) is 10.1 Å². The van der Waals surface area contributed by atoms with Crippen molar-refractivity contribution in [2.45, 2.75) is 0 Å². The van der Waals surface area contributed by atoms with E-state index >= 15 is 0 Å². The first kappa shape index (κ1) is 16.4. The predicted octanol–water partition coefficient (Wildman–Crippen LogP) is 4.33. The topological polar surface area (TPSA) is 74.5 Å². The number of methoxy groups -OCH3 is 2. The van der Waals surface area contributed by atoms with Gasteiger partial charge in [-0.05, 0) is 29.8 Å². The third kappa shape index (κ3) is 3.58. The molecular weight excluding hydrogens is 320 g/mol. The van der Waals surface area contributed by atoms with E-state index in [1.165, 1.54) is 6.07 Å². The van der Waals surface area contributed by atoms with Crippen LogP contribution in [0.4, 0.5) is 5.69 Å². The van der Waals surface area contributed by atoms with Crippen molar-refractivity contribution in [3.8, 4) is 11.5 Å². The van der Waals surface area contributed by atoms with Gasteiger partial charge >= 0.3 is 0 Å². The number of hydrogen-bond donors (Lipinski definition) is 0. The van der Waals surface area contributed by atoms with Gasteiger partial charge in [-0.1, -0.05) is 24.3 Å². The largest absolute Gasteiger partial charge is 0.497 e. The Labute approximate surface area is 144 Å². The average Bonchev–Trinajstić information content (AvgIpc) is 2.65. The lowest BCUT2D eigenvalue weighted by Crippen LogP contribution is -1.92. The molecule has 3 rings (SSSR count). The van der Waals surface area contributed by atoms with Gasteiger partial charge < -0.3 is 9.47 Å². The molecule has 0 atom stereocenters. The van der Waals surface area contributed by atoms with E-state index in [2.05, 4.69) is 4.98 Å². The van der Waals surface area contributed by atoms with Crippen LogP contribution >= 0.6 is 0 Å². The number of para-hydroxylation sites is 1. The number of hydrogen-bond acceptors (Lipinski definition) is 5. The van der Waals surface area contributed by atoms with Crippen LogP contribution in [0.2, 0.25) is 0 Å². The number of benzene rings is 2. The molecule has 0 bridgehead atoms. The zero-order valence-corrected chi connectivity index (χ0v) is 13.8. The van der Waals surface area contributed by atoms with Gasteiger partial charge in [0.05, 0.1) is 24.8 Å². The Kier molecular flexibility index (Phi) is 4.61. The molecule has 0 N–H and O–H groups in total. The van der Waals surface area contributed by atoms with Crippen LogP contribution in [0.3, 0.4) is 0 Å². The number of fused-ring (bicyclic) bond motifs is 1. The van der Waals surface area contributed by atoms with Crippen LogP contribution in [0.15, 0.2) is 48.5 Å². The molecule has 3 aromatic rings. The molecule has 6 nitrogen and oxygen atoms in total. The fraction of sp³-hybridized carbons (Fsp3) is 0.105. The van der Waals surface area contributed by atoms with Crippen LogP contribution in [-0.2, 0) is 0 Å². The number of aromatic nitrogens is 1. The maximum atomic E-state index is 11.2. The van der Waals surface area contributed by atoms with Gasteiger partial charge in [-0.3, -0.25) is 10.1 Å². The molecule has 1 heterocycles. The molecule has 1 aromatic heterocycles. The van der Waals surface area contributed by atoms with Crippen molar-refractivity contribution in [3.05, 3.63) is 69.9 Å². The zero-order valence-electron chi connectivity index (χ0n) is 13.8. The van der Waals surface area contributed by atoms with E-state index in [1.54, 1.807) is 38.5 Å². The Hall–Kier alpha value is -3.41. The summed E-state index contributed by atoms with van der Waals surface area (Å²) in [6.07, 6.45) is 3.65. The standard InChI is InChI=1S/C19H16N2O4/c1-24-16-10-13(11-17(12-16)25-2)6-8-15-9-7-14-4-3-5-18(21(22)23)19(14)20-15/h3-12H,1-2H3/b8-6+. The first-order valence-electron chi connectivity index (χ1n) is 7.56. The number of nitro groups is 1. The summed E-state index contributed by atoms with van der Waals surface area (Å²) in [6, 6.07) is 14.1. The first-order valence-corrected chi connectivity index (χ1v) is 7.56. The molecule has 0 amide bonds.